The number of aryl methyl sites for hydroxylation is 4. The van der Waals surface area contributed by atoms with E-state index in [-0.39, 0.29) is 5.41 Å². The standard InChI is InChI=1S/C55H50N2.C16H23N.C7H8.C2H6/c1-3-55(4-2)50-37-41(22-21-39-24-30-45(31-25-39)56-35-11-15-42-13-5-9-19-52(42)56)28-34-49(50)54-48-18-8-7-17-47(48)44(38-51(54)55)29-23-40-26-32-46(33-27-40)57-36-12-16-43-14-6-10-20-53(43)57;1-5-13(3)11-12-14(4)17-16-10-8-7-9-15(16)6-2;1-7-5-3-2-4-6-7;1-2/h5-10,13-14,17-34,37-38H,3-4,11-12,15-16,35-36H2,1-2H3;7-12,17H,5-6H2,1-4H3;2-6H,1H3;1-2H3/b22-21+,29-23+;13-11+,14-12+;;. The van der Waals surface area contributed by atoms with Crippen molar-refractivity contribution in [1.29, 1.82) is 0 Å². The second-order valence-electron chi connectivity index (χ2n) is 22.2. The Labute approximate surface area is 498 Å². The van der Waals surface area contributed by atoms with E-state index in [0.717, 1.165) is 51.6 Å². The quantitative estimate of drug-likeness (QED) is 0.0917. The molecule has 9 aromatic carbocycles. The van der Waals surface area contributed by atoms with Crippen molar-refractivity contribution in [1.82, 2.24) is 0 Å². The normalized spacial score (nSPS) is 14.1. The number of rotatable bonds is 13. The van der Waals surface area contributed by atoms with Gasteiger partial charge < -0.3 is 15.1 Å². The maximum atomic E-state index is 3.46. The zero-order valence-electron chi connectivity index (χ0n) is 51.0. The molecule has 0 saturated heterocycles. The first-order valence-electron chi connectivity index (χ1n) is 30.9. The first-order chi connectivity index (χ1) is 40.7. The Balaban J connectivity index is 0.000000264. The van der Waals surface area contributed by atoms with Crippen molar-refractivity contribution < 1.29 is 0 Å². The molecule has 0 unspecified atom stereocenters. The molecule has 9 aromatic rings. The van der Waals surface area contributed by atoms with Crippen LogP contribution >= 0.6 is 0 Å². The lowest BCUT2D eigenvalue weighted by atomic mass is 9.73. The van der Waals surface area contributed by atoms with Gasteiger partial charge in [0.2, 0.25) is 0 Å². The van der Waals surface area contributed by atoms with Crippen LogP contribution in [0.25, 0.3) is 46.2 Å². The van der Waals surface area contributed by atoms with Crippen molar-refractivity contribution in [3.63, 3.8) is 0 Å². The van der Waals surface area contributed by atoms with Crippen molar-refractivity contribution >= 4 is 63.5 Å². The lowest BCUT2D eigenvalue weighted by Gasteiger charge is -2.31. The van der Waals surface area contributed by atoms with Crippen LogP contribution in [-0.2, 0) is 24.7 Å². The average molecular weight is 1090 g/mol. The Morgan fingerprint density at radius 2 is 1.02 bits per heavy atom. The molecule has 0 saturated carbocycles. The molecule has 0 radical (unpaired) electrons. The lowest BCUT2D eigenvalue weighted by molar-refractivity contribution is 0.490. The summed E-state index contributed by atoms with van der Waals surface area (Å²) in [7, 11) is 0. The van der Waals surface area contributed by atoms with E-state index < -0.39 is 0 Å². The van der Waals surface area contributed by atoms with Crippen molar-refractivity contribution in [2.24, 2.45) is 0 Å². The summed E-state index contributed by atoms with van der Waals surface area (Å²) >= 11 is 0. The van der Waals surface area contributed by atoms with Gasteiger partial charge in [0.05, 0.1) is 0 Å². The predicted octanol–water partition coefficient (Wildman–Crippen LogP) is 22.4. The summed E-state index contributed by atoms with van der Waals surface area (Å²) in [5, 5.41) is 6.11. The molecule has 2 heterocycles. The number of fused-ring (bicyclic) bond motifs is 7. The number of para-hydroxylation sites is 3. The summed E-state index contributed by atoms with van der Waals surface area (Å²) in [6, 6.07) is 73.3. The summed E-state index contributed by atoms with van der Waals surface area (Å²) in [4.78, 5) is 4.94. The van der Waals surface area contributed by atoms with Gasteiger partial charge in [0.25, 0.3) is 0 Å². The summed E-state index contributed by atoms with van der Waals surface area (Å²) < 4.78 is 0. The fourth-order valence-electron chi connectivity index (χ4n) is 12.3. The summed E-state index contributed by atoms with van der Waals surface area (Å²) in [6.07, 6.45) is 22.5. The van der Waals surface area contributed by atoms with E-state index in [2.05, 4.69) is 282 Å². The highest BCUT2D eigenvalue weighted by Gasteiger charge is 2.41. The fourth-order valence-corrected chi connectivity index (χ4v) is 12.3. The van der Waals surface area contributed by atoms with Gasteiger partial charge in [-0.1, -0.05) is 235 Å². The molecule has 12 rings (SSSR count). The monoisotopic (exact) mass is 1090 g/mol. The van der Waals surface area contributed by atoms with Crippen molar-refractivity contribution in [3.8, 4) is 11.1 Å². The highest BCUT2D eigenvalue weighted by atomic mass is 15.1. The van der Waals surface area contributed by atoms with Crippen LogP contribution in [0.4, 0.5) is 28.4 Å². The number of anilines is 5. The van der Waals surface area contributed by atoms with E-state index in [1.165, 1.54) is 130 Å². The summed E-state index contributed by atoms with van der Waals surface area (Å²) in [5.74, 6) is 0. The predicted molar refractivity (Wildman–Crippen MR) is 365 cm³/mol. The topological polar surface area (TPSA) is 18.5 Å². The Bertz CT molecular complexity index is 3700. The summed E-state index contributed by atoms with van der Waals surface area (Å²) in [6.45, 7) is 21.6. The van der Waals surface area contributed by atoms with E-state index in [0.29, 0.717) is 0 Å². The van der Waals surface area contributed by atoms with Crippen LogP contribution in [0.2, 0.25) is 0 Å². The van der Waals surface area contributed by atoms with Gasteiger partial charge in [-0.3, -0.25) is 0 Å². The maximum Gasteiger partial charge on any atom is 0.0443 e. The van der Waals surface area contributed by atoms with Gasteiger partial charge in [-0.15, -0.1) is 0 Å². The first kappa shape index (κ1) is 59.2. The van der Waals surface area contributed by atoms with Crippen LogP contribution in [0.5, 0.6) is 0 Å². The Morgan fingerprint density at radius 3 is 1.59 bits per heavy atom. The molecular weight excluding hydrogens is 1000 g/mol. The Morgan fingerprint density at radius 1 is 0.506 bits per heavy atom. The molecule has 2 aliphatic heterocycles. The van der Waals surface area contributed by atoms with Crippen molar-refractivity contribution in [2.45, 2.75) is 119 Å². The zero-order chi connectivity index (χ0) is 58.1. The molecule has 3 aliphatic rings. The highest BCUT2D eigenvalue weighted by molar-refractivity contribution is 6.07. The third kappa shape index (κ3) is 13.8. The van der Waals surface area contributed by atoms with Crippen molar-refractivity contribution in [3.05, 3.63) is 279 Å². The number of allylic oxidation sites excluding steroid dienone is 4. The van der Waals surface area contributed by atoms with Gasteiger partial charge in [-0.25, -0.2) is 0 Å². The van der Waals surface area contributed by atoms with Gasteiger partial charge in [0.1, 0.15) is 0 Å². The minimum Gasteiger partial charge on any atom is -0.359 e. The number of hydrogen-bond acceptors (Lipinski definition) is 3. The van der Waals surface area contributed by atoms with E-state index in [1.807, 2.05) is 32.0 Å². The van der Waals surface area contributed by atoms with Gasteiger partial charge in [-0.2, -0.15) is 0 Å². The summed E-state index contributed by atoms with van der Waals surface area (Å²) in [5.41, 5.74) is 25.3. The largest absolute Gasteiger partial charge is 0.359 e. The molecular formula is C80H87N3. The number of hydrogen-bond donors (Lipinski definition) is 1. The van der Waals surface area contributed by atoms with E-state index in [9.17, 15) is 0 Å². The van der Waals surface area contributed by atoms with Gasteiger partial charge >= 0.3 is 0 Å². The minimum absolute atomic E-state index is 0.0418. The lowest BCUT2D eigenvalue weighted by Crippen LogP contribution is -2.24. The van der Waals surface area contributed by atoms with Crippen molar-refractivity contribution in [2.75, 3.05) is 28.2 Å². The Hall–Kier alpha value is -8.40. The van der Waals surface area contributed by atoms with Crippen LogP contribution in [0, 0.1) is 6.92 Å². The highest BCUT2D eigenvalue weighted by Crippen LogP contribution is 2.56. The molecule has 0 amide bonds. The molecule has 422 valence electrons. The molecule has 83 heavy (non-hydrogen) atoms. The molecule has 0 bridgehead atoms. The molecule has 0 aromatic heterocycles. The van der Waals surface area contributed by atoms with Crippen LogP contribution in [0.1, 0.15) is 143 Å². The van der Waals surface area contributed by atoms with Crippen LogP contribution in [0.3, 0.4) is 0 Å². The SMILES string of the molecule is CC.CC/C(C)=C/C=C(\C)Nc1ccccc1CC.CCC1(CC)c2cc(/C=C/c3ccc(N4CCCc5ccccc54)cc3)ccc2-c2c1cc(/C=C/c1ccc(N3CCCc4ccccc43)cc1)c1ccccc21.Cc1ccccc1. The second-order valence-corrected chi connectivity index (χ2v) is 22.2. The zero-order valence-corrected chi connectivity index (χ0v) is 51.0. The second kappa shape index (κ2) is 28.5. The van der Waals surface area contributed by atoms with E-state index in [1.54, 1.807) is 0 Å². The van der Waals surface area contributed by atoms with Crippen LogP contribution < -0.4 is 15.1 Å². The van der Waals surface area contributed by atoms with Gasteiger partial charge in [-0.05, 0) is 199 Å². The minimum atomic E-state index is -0.0418. The third-order valence-electron chi connectivity index (χ3n) is 17.0. The van der Waals surface area contributed by atoms with Crippen LogP contribution in [-0.4, -0.2) is 13.1 Å². The van der Waals surface area contributed by atoms with E-state index in [4.69, 9.17) is 0 Å². The molecule has 0 fully saturated rings. The molecule has 1 N–H and O–H groups in total. The maximum absolute atomic E-state index is 3.46. The fraction of sp³-hybridized carbons (Fsp3) is 0.250. The third-order valence-corrected chi connectivity index (χ3v) is 17.0. The first-order valence-corrected chi connectivity index (χ1v) is 30.9. The average Bonchev–Trinajstić information content (AvgIpc) is 2.18. The van der Waals surface area contributed by atoms with E-state index >= 15 is 0 Å². The Kier molecular flexibility index (Phi) is 20.4. The number of benzene rings is 9. The number of nitrogens with zero attached hydrogens (tertiary/aromatic N) is 2. The molecule has 3 nitrogen and oxygen atoms in total. The van der Waals surface area contributed by atoms with Gasteiger partial charge in [0.15, 0.2) is 0 Å². The smallest absolute Gasteiger partial charge is 0.0443 e. The molecule has 3 heteroatoms. The van der Waals surface area contributed by atoms with Crippen LogP contribution in [0.15, 0.2) is 224 Å². The van der Waals surface area contributed by atoms with Gasteiger partial charge in [0, 0.05) is 52.6 Å². The molecule has 0 atom stereocenters. The molecule has 0 spiro atoms. The molecule has 1 aliphatic carbocycles. The number of nitrogens with one attached hydrogen (secondary N) is 1.